The van der Waals surface area contributed by atoms with Gasteiger partial charge in [-0.05, 0) is 33.3 Å². The van der Waals surface area contributed by atoms with E-state index in [1.807, 2.05) is 58.0 Å². The highest BCUT2D eigenvalue weighted by atomic mass is 32.2. The van der Waals surface area contributed by atoms with Crippen LogP contribution in [0.15, 0.2) is 52.1 Å². The Morgan fingerprint density at radius 2 is 2.00 bits per heavy atom. The Labute approximate surface area is 158 Å². The third-order valence-corrected chi connectivity index (χ3v) is 4.18. The molecular weight excluding hydrogens is 350 g/mol. The number of alkyl carbamates (subject to hydrolysis) is 1. The van der Waals surface area contributed by atoms with E-state index in [4.69, 9.17) is 9.15 Å². The third-order valence-electron chi connectivity index (χ3n) is 3.14. The van der Waals surface area contributed by atoms with Crippen LogP contribution < -0.4 is 5.32 Å². The van der Waals surface area contributed by atoms with Gasteiger partial charge in [0.15, 0.2) is 0 Å². The zero-order chi connectivity index (χ0) is 19.2. The van der Waals surface area contributed by atoms with Gasteiger partial charge >= 0.3 is 6.09 Å². The summed E-state index contributed by atoms with van der Waals surface area (Å²) in [6, 6.07) is 9.33. The number of thioether (sulfide) groups is 1. The van der Waals surface area contributed by atoms with E-state index in [1.54, 1.807) is 0 Å². The minimum atomic E-state index is -0.585. The van der Waals surface area contributed by atoms with E-state index in [0.717, 1.165) is 11.1 Å². The van der Waals surface area contributed by atoms with Gasteiger partial charge in [0.05, 0.1) is 0 Å². The average Bonchev–Trinajstić information content (AvgIpc) is 3.00. The monoisotopic (exact) mass is 375 g/mol. The molecule has 1 N–H and O–H groups in total. The van der Waals surface area contributed by atoms with Crippen molar-refractivity contribution < 1.29 is 13.9 Å². The molecule has 1 heterocycles. The van der Waals surface area contributed by atoms with E-state index in [9.17, 15) is 4.79 Å². The summed E-state index contributed by atoms with van der Waals surface area (Å²) in [5, 5.41) is 11.4. The number of nitrogens with one attached hydrogen (secondary N) is 1. The zero-order valence-corrected chi connectivity index (χ0v) is 16.4. The number of hydrogen-bond acceptors (Lipinski definition) is 6. The van der Waals surface area contributed by atoms with Crippen molar-refractivity contribution in [3.8, 4) is 0 Å². The fraction of sp³-hybridized carbons (Fsp3) is 0.421. The Bertz CT molecular complexity index is 738. The van der Waals surface area contributed by atoms with Crippen molar-refractivity contribution in [1.29, 1.82) is 0 Å². The molecule has 7 heteroatoms. The predicted molar refractivity (Wildman–Crippen MR) is 102 cm³/mol. The Balaban J connectivity index is 2.14. The lowest BCUT2D eigenvalue weighted by atomic mass is 10.1. The Morgan fingerprint density at radius 3 is 2.62 bits per heavy atom. The number of aromatic nitrogens is 2. The normalized spacial score (nSPS) is 12.5. The molecule has 0 unspecified atom stereocenters. The van der Waals surface area contributed by atoms with Gasteiger partial charge in [-0.3, -0.25) is 0 Å². The van der Waals surface area contributed by atoms with E-state index in [-0.39, 0.29) is 0 Å². The van der Waals surface area contributed by atoms with Crippen LogP contribution in [0.25, 0.3) is 0 Å². The minimum Gasteiger partial charge on any atom is -0.444 e. The number of nitrogens with zero attached hydrogens (tertiary/aromatic N) is 2. The van der Waals surface area contributed by atoms with Crippen molar-refractivity contribution in [1.82, 2.24) is 15.5 Å². The van der Waals surface area contributed by atoms with Crippen molar-refractivity contribution in [3.05, 3.63) is 53.9 Å². The van der Waals surface area contributed by atoms with Crippen LogP contribution >= 0.6 is 11.8 Å². The van der Waals surface area contributed by atoms with Gasteiger partial charge in [-0.2, -0.15) is 0 Å². The second-order valence-electron chi connectivity index (χ2n) is 7.04. The molecule has 1 amide bonds. The molecule has 2 rings (SSSR count). The molecule has 1 atom stereocenters. The average molecular weight is 375 g/mol. The van der Waals surface area contributed by atoms with E-state index in [1.165, 1.54) is 11.8 Å². The number of benzene rings is 1. The van der Waals surface area contributed by atoms with Crippen LogP contribution in [0, 0.1) is 0 Å². The Morgan fingerprint density at radius 1 is 1.31 bits per heavy atom. The summed E-state index contributed by atoms with van der Waals surface area (Å²) in [7, 11) is 0. The van der Waals surface area contributed by atoms with Crippen LogP contribution in [0.5, 0.6) is 0 Å². The Kier molecular flexibility index (Phi) is 6.85. The lowest BCUT2D eigenvalue weighted by Crippen LogP contribution is -2.36. The van der Waals surface area contributed by atoms with Crippen molar-refractivity contribution in [2.45, 2.75) is 51.0 Å². The number of carbonyl (C=O) groups is 1. The van der Waals surface area contributed by atoms with Gasteiger partial charge in [0, 0.05) is 12.2 Å². The second kappa shape index (κ2) is 8.89. The molecule has 140 valence electrons. The molecule has 0 aliphatic heterocycles. The predicted octanol–water partition coefficient (Wildman–Crippen LogP) is 4.55. The number of ether oxygens (including phenoxy) is 1. The first-order valence-corrected chi connectivity index (χ1v) is 9.35. The van der Waals surface area contributed by atoms with Gasteiger partial charge in [-0.25, -0.2) is 4.79 Å². The van der Waals surface area contributed by atoms with Crippen LogP contribution in [-0.4, -0.2) is 27.6 Å². The van der Waals surface area contributed by atoms with Crippen molar-refractivity contribution in [2.75, 3.05) is 5.75 Å². The fourth-order valence-corrected chi connectivity index (χ4v) is 2.72. The van der Waals surface area contributed by atoms with Gasteiger partial charge in [0.25, 0.3) is 5.22 Å². The first kappa shape index (κ1) is 20.0. The standard InChI is InChI=1S/C19H25N3O3S/c1-13(2)12-26-18-22-21-16(24-18)15(11-14-9-7-6-8-10-14)20-17(23)25-19(3,4)5/h6-10,15H,1,11-12H2,2-5H3,(H,20,23)/t15-/m1/s1. The maximum Gasteiger partial charge on any atom is 0.408 e. The smallest absolute Gasteiger partial charge is 0.408 e. The summed E-state index contributed by atoms with van der Waals surface area (Å²) >= 11 is 1.42. The van der Waals surface area contributed by atoms with Crippen molar-refractivity contribution in [3.63, 3.8) is 0 Å². The molecule has 0 aliphatic carbocycles. The summed E-state index contributed by atoms with van der Waals surface area (Å²) in [5.41, 5.74) is 1.48. The first-order valence-electron chi connectivity index (χ1n) is 8.37. The number of rotatable bonds is 7. The molecule has 0 spiro atoms. The largest absolute Gasteiger partial charge is 0.444 e. The molecule has 1 aromatic heterocycles. The van der Waals surface area contributed by atoms with Gasteiger partial charge in [-0.1, -0.05) is 54.2 Å². The van der Waals surface area contributed by atoms with Gasteiger partial charge in [0.2, 0.25) is 5.89 Å². The molecular formula is C19H25N3O3S. The van der Waals surface area contributed by atoms with E-state index >= 15 is 0 Å². The summed E-state index contributed by atoms with van der Waals surface area (Å²) in [6.45, 7) is 11.2. The molecule has 0 radical (unpaired) electrons. The van der Waals surface area contributed by atoms with Gasteiger partial charge < -0.3 is 14.5 Å². The fourth-order valence-electron chi connectivity index (χ4n) is 2.10. The summed E-state index contributed by atoms with van der Waals surface area (Å²) in [5.74, 6) is 1.05. The Hall–Kier alpha value is -2.28. The van der Waals surface area contributed by atoms with E-state index in [0.29, 0.717) is 23.3 Å². The highest BCUT2D eigenvalue weighted by Crippen LogP contribution is 2.24. The first-order chi connectivity index (χ1) is 12.2. The molecule has 0 bridgehead atoms. The van der Waals surface area contributed by atoms with Gasteiger partial charge in [-0.15, -0.1) is 10.2 Å². The number of amides is 1. The van der Waals surface area contributed by atoms with Crippen LogP contribution in [0.4, 0.5) is 4.79 Å². The minimum absolute atomic E-state index is 0.351. The van der Waals surface area contributed by atoms with Crippen LogP contribution in [-0.2, 0) is 11.2 Å². The van der Waals surface area contributed by atoms with Crippen molar-refractivity contribution >= 4 is 17.9 Å². The third kappa shape index (κ3) is 6.92. The molecule has 6 nitrogen and oxygen atoms in total. The highest BCUT2D eigenvalue weighted by Gasteiger charge is 2.25. The summed E-state index contributed by atoms with van der Waals surface area (Å²) in [4.78, 5) is 12.2. The van der Waals surface area contributed by atoms with E-state index < -0.39 is 17.7 Å². The lowest BCUT2D eigenvalue weighted by Gasteiger charge is -2.22. The molecule has 26 heavy (non-hydrogen) atoms. The topological polar surface area (TPSA) is 77.2 Å². The van der Waals surface area contributed by atoms with Crippen LogP contribution in [0.3, 0.4) is 0 Å². The van der Waals surface area contributed by atoms with Crippen LogP contribution in [0.2, 0.25) is 0 Å². The second-order valence-corrected chi connectivity index (χ2v) is 7.97. The summed E-state index contributed by atoms with van der Waals surface area (Å²) in [6.07, 6.45) is 0.000120. The quantitative estimate of drug-likeness (QED) is 0.565. The van der Waals surface area contributed by atoms with Crippen molar-refractivity contribution in [2.24, 2.45) is 0 Å². The molecule has 0 saturated heterocycles. The molecule has 2 aromatic rings. The maximum absolute atomic E-state index is 12.2. The number of hydrogen-bond donors (Lipinski definition) is 1. The molecule has 0 fully saturated rings. The lowest BCUT2D eigenvalue weighted by molar-refractivity contribution is 0.0494. The number of carbonyl (C=O) groups excluding carboxylic acids is 1. The summed E-state index contributed by atoms with van der Waals surface area (Å²) < 4.78 is 11.1. The zero-order valence-electron chi connectivity index (χ0n) is 15.6. The maximum atomic E-state index is 12.2. The highest BCUT2D eigenvalue weighted by molar-refractivity contribution is 7.99. The van der Waals surface area contributed by atoms with Gasteiger partial charge in [0.1, 0.15) is 11.6 Å². The molecule has 0 saturated carbocycles. The molecule has 1 aromatic carbocycles. The SMILES string of the molecule is C=C(C)CSc1nnc([C@@H](Cc2ccccc2)NC(=O)OC(C)(C)C)o1. The molecule has 0 aliphatic rings. The van der Waals surface area contributed by atoms with E-state index in [2.05, 4.69) is 22.1 Å². The van der Waals surface area contributed by atoms with Crippen LogP contribution in [0.1, 0.15) is 45.2 Å².